The maximum Gasteiger partial charge on any atom is 0.0665 e. The lowest BCUT2D eigenvalue weighted by molar-refractivity contribution is 0.142. The van der Waals surface area contributed by atoms with Gasteiger partial charge in [0.25, 0.3) is 0 Å². The molecule has 0 aromatic rings. The number of hydrogen-bond donors (Lipinski definition) is 4. The van der Waals surface area contributed by atoms with Crippen LogP contribution in [0.25, 0.3) is 0 Å². The Kier molecular flexibility index (Phi) is 9.00. The molecule has 0 aromatic heterocycles. The Morgan fingerprint density at radius 3 is 1.33 bits per heavy atom. The summed E-state index contributed by atoms with van der Waals surface area (Å²) in [7, 11) is 0. The van der Waals surface area contributed by atoms with Gasteiger partial charge in [-0.1, -0.05) is 7.43 Å². The van der Waals surface area contributed by atoms with Gasteiger partial charge in [0.15, 0.2) is 0 Å². The van der Waals surface area contributed by atoms with E-state index in [0.717, 1.165) is 51.9 Å². The molecule has 2 aliphatic heterocycles. The summed E-state index contributed by atoms with van der Waals surface area (Å²) in [6, 6.07) is 0. The summed E-state index contributed by atoms with van der Waals surface area (Å²) in [4.78, 5) is 0. The first-order valence-corrected chi connectivity index (χ1v) is 5.56. The average Bonchev–Trinajstić information content (AvgIpc) is 2.21. The lowest BCUT2D eigenvalue weighted by atomic mass is 10.1. The predicted molar refractivity (Wildman–Crippen MR) is 63.0 cm³/mol. The first kappa shape index (κ1) is 14.8. The van der Waals surface area contributed by atoms with E-state index >= 15 is 0 Å². The van der Waals surface area contributed by atoms with Gasteiger partial charge in [-0.05, 0) is 38.8 Å². The third kappa shape index (κ3) is 7.73. The number of piperidine rings is 2. The summed E-state index contributed by atoms with van der Waals surface area (Å²) in [6.07, 6.45) is 4.06. The van der Waals surface area contributed by atoms with Gasteiger partial charge in [-0.15, -0.1) is 0 Å². The Balaban J connectivity index is 0.000000245. The first-order chi connectivity index (χ1) is 6.79. The van der Waals surface area contributed by atoms with Gasteiger partial charge in [0.1, 0.15) is 0 Å². The summed E-state index contributed by atoms with van der Waals surface area (Å²) in [5.41, 5.74) is 0. The van der Waals surface area contributed by atoms with Crippen LogP contribution in [0.3, 0.4) is 0 Å². The molecular formula is C11H26N2O2. The van der Waals surface area contributed by atoms with Gasteiger partial charge in [0.2, 0.25) is 0 Å². The summed E-state index contributed by atoms with van der Waals surface area (Å²) in [5, 5.41) is 23.9. The van der Waals surface area contributed by atoms with Crippen LogP contribution in [0.5, 0.6) is 0 Å². The molecule has 2 saturated heterocycles. The van der Waals surface area contributed by atoms with E-state index in [-0.39, 0.29) is 19.6 Å². The van der Waals surface area contributed by atoms with Crippen LogP contribution >= 0.6 is 0 Å². The van der Waals surface area contributed by atoms with Crippen LogP contribution in [-0.2, 0) is 0 Å². The molecule has 0 aliphatic carbocycles. The van der Waals surface area contributed by atoms with Crippen molar-refractivity contribution >= 4 is 0 Å². The molecular weight excluding hydrogens is 192 g/mol. The average molecular weight is 218 g/mol. The fourth-order valence-electron chi connectivity index (χ4n) is 1.67. The molecule has 2 atom stereocenters. The number of aliphatic hydroxyl groups excluding tert-OH is 2. The molecule has 0 spiro atoms. The standard InChI is InChI=1S/2C5H11NO.CH4/c2*7-5-2-1-3-6-4-5;/h2*5-7H,1-4H2;1H4/t2*5-;/m10./s1. The van der Waals surface area contributed by atoms with Gasteiger partial charge in [0.05, 0.1) is 12.2 Å². The van der Waals surface area contributed by atoms with Crippen molar-refractivity contribution in [2.45, 2.75) is 45.3 Å². The first-order valence-electron chi connectivity index (χ1n) is 5.56. The Hall–Kier alpha value is -0.160. The molecule has 0 amide bonds. The second-order valence-electron chi connectivity index (χ2n) is 4.00. The molecule has 4 nitrogen and oxygen atoms in total. The quantitative estimate of drug-likeness (QED) is 0.465. The van der Waals surface area contributed by atoms with Crippen molar-refractivity contribution in [3.63, 3.8) is 0 Å². The van der Waals surface area contributed by atoms with Crippen LogP contribution in [0.1, 0.15) is 33.1 Å². The largest absolute Gasteiger partial charge is 0.392 e. The van der Waals surface area contributed by atoms with Crippen LogP contribution in [0.4, 0.5) is 0 Å². The Labute approximate surface area is 93.1 Å². The van der Waals surface area contributed by atoms with E-state index < -0.39 is 0 Å². The molecule has 0 unspecified atom stereocenters. The van der Waals surface area contributed by atoms with Crippen molar-refractivity contribution in [1.82, 2.24) is 10.6 Å². The van der Waals surface area contributed by atoms with Gasteiger partial charge >= 0.3 is 0 Å². The van der Waals surface area contributed by atoms with E-state index in [9.17, 15) is 0 Å². The van der Waals surface area contributed by atoms with Crippen LogP contribution in [0.2, 0.25) is 0 Å². The second-order valence-corrected chi connectivity index (χ2v) is 4.00. The smallest absolute Gasteiger partial charge is 0.0665 e. The van der Waals surface area contributed by atoms with E-state index in [0.29, 0.717) is 0 Å². The Morgan fingerprint density at radius 1 is 0.800 bits per heavy atom. The van der Waals surface area contributed by atoms with Gasteiger partial charge in [0, 0.05) is 13.1 Å². The zero-order chi connectivity index (χ0) is 10.2. The maximum absolute atomic E-state index is 8.85. The number of rotatable bonds is 0. The van der Waals surface area contributed by atoms with Crippen molar-refractivity contribution in [1.29, 1.82) is 0 Å². The maximum atomic E-state index is 8.85. The highest BCUT2D eigenvalue weighted by molar-refractivity contribution is 4.66. The lowest BCUT2D eigenvalue weighted by Crippen LogP contribution is -2.33. The lowest BCUT2D eigenvalue weighted by Gasteiger charge is -2.16. The SMILES string of the molecule is C.O[C@@H]1CCCNC1.O[C@H]1CCCNC1. The third-order valence-electron chi connectivity index (χ3n) is 2.54. The normalized spacial score (nSPS) is 30.8. The monoisotopic (exact) mass is 218 g/mol. The molecule has 4 N–H and O–H groups in total. The summed E-state index contributed by atoms with van der Waals surface area (Å²) < 4.78 is 0. The predicted octanol–water partition coefficient (Wildman–Crippen LogP) is 0.0975. The highest BCUT2D eigenvalue weighted by atomic mass is 16.3. The van der Waals surface area contributed by atoms with Crippen molar-refractivity contribution < 1.29 is 10.2 Å². The van der Waals surface area contributed by atoms with Gasteiger partial charge in [-0.2, -0.15) is 0 Å². The van der Waals surface area contributed by atoms with Crippen molar-refractivity contribution in [2.75, 3.05) is 26.2 Å². The van der Waals surface area contributed by atoms with Crippen LogP contribution in [-0.4, -0.2) is 48.6 Å². The number of nitrogens with one attached hydrogen (secondary N) is 2. The third-order valence-corrected chi connectivity index (χ3v) is 2.54. The topological polar surface area (TPSA) is 64.5 Å². The van der Waals surface area contributed by atoms with Crippen LogP contribution in [0.15, 0.2) is 0 Å². The van der Waals surface area contributed by atoms with E-state index in [2.05, 4.69) is 10.6 Å². The van der Waals surface area contributed by atoms with Crippen LogP contribution in [0, 0.1) is 0 Å². The highest BCUT2D eigenvalue weighted by Gasteiger charge is 2.07. The van der Waals surface area contributed by atoms with Crippen LogP contribution < -0.4 is 10.6 Å². The number of aliphatic hydroxyl groups is 2. The second kappa shape index (κ2) is 9.09. The fourth-order valence-corrected chi connectivity index (χ4v) is 1.67. The van der Waals surface area contributed by atoms with Crippen molar-refractivity contribution in [3.05, 3.63) is 0 Å². The van der Waals surface area contributed by atoms with Gasteiger partial charge in [-0.25, -0.2) is 0 Å². The summed E-state index contributed by atoms with van der Waals surface area (Å²) >= 11 is 0. The summed E-state index contributed by atoms with van der Waals surface area (Å²) in [5.74, 6) is 0. The van der Waals surface area contributed by atoms with E-state index in [4.69, 9.17) is 10.2 Å². The molecule has 2 fully saturated rings. The molecule has 15 heavy (non-hydrogen) atoms. The van der Waals surface area contributed by atoms with E-state index in [1.165, 1.54) is 0 Å². The molecule has 2 aliphatic rings. The highest BCUT2D eigenvalue weighted by Crippen LogP contribution is 1.99. The summed E-state index contributed by atoms with van der Waals surface area (Å²) in [6.45, 7) is 3.74. The fraction of sp³-hybridized carbons (Fsp3) is 1.00. The Bertz CT molecular complexity index is 117. The van der Waals surface area contributed by atoms with Gasteiger partial charge in [-0.3, -0.25) is 0 Å². The molecule has 0 bridgehead atoms. The zero-order valence-corrected chi connectivity index (χ0v) is 8.71. The van der Waals surface area contributed by atoms with E-state index in [1.54, 1.807) is 0 Å². The molecule has 92 valence electrons. The zero-order valence-electron chi connectivity index (χ0n) is 8.71. The minimum atomic E-state index is -0.0752. The molecule has 2 rings (SSSR count). The Morgan fingerprint density at radius 2 is 1.20 bits per heavy atom. The number of β-amino-alcohol motifs (C(OH)–C–C–N with tert-alkyl or cyclic N) is 2. The minimum absolute atomic E-state index is 0. The van der Waals surface area contributed by atoms with Crippen molar-refractivity contribution in [3.8, 4) is 0 Å². The van der Waals surface area contributed by atoms with E-state index in [1.807, 2.05) is 0 Å². The molecule has 0 aromatic carbocycles. The van der Waals surface area contributed by atoms with Crippen molar-refractivity contribution in [2.24, 2.45) is 0 Å². The molecule has 4 heteroatoms. The minimum Gasteiger partial charge on any atom is -0.392 e. The molecule has 2 heterocycles. The number of hydrogen-bond acceptors (Lipinski definition) is 4. The molecule has 0 radical (unpaired) electrons. The molecule has 0 saturated carbocycles. The van der Waals surface area contributed by atoms with Gasteiger partial charge < -0.3 is 20.8 Å².